The van der Waals surface area contributed by atoms with E-state index in [-0.39, 0.29) is 6.03 Å². The van der Waals surface area contributed by atoms with E-state index in [2.05, 4.69) is 15.6 Å². The topological polar surface area (TPSA) is 70.6 Å². The van der Waals surface area contributed by atoms with Gasteiger partial charge in [0.1, 0.15) is 0 Å². The van der Waals surface area contributed by atoms with E-state index in [4.69, 9.17) is 0 Å². The number of nitrogens with one attached hydrogen (secondary N) is 2. The fraction of sp³-hybridized carbons (Fsp3) is 0.111. The second-order valence-electron chi connectivity index (χ2n) is 2.45. The lowest BCUT2D eigenvalue weighted by atomic mass is 10.3. The average molecular weight is 191 g/mol. The monoisotopic (exact) mass is 191 g/mol. The molecule has 1 aromatic carbocycles. The molecule has 14 heavy (non-hydrogen) atoms. The van der Waals surface area contributed by atoms with Crippen LogP contribution in [0.2, 0.25) is 0 Å². The summed E-state index contributed by atoms with van der Waals surface area (Å²) in [5.74, 6) is 0. The first-order valence-corrected chi connectivity index (χ1v) is 3.93. The number of anilines is 1. The van der Waals surface area contributed by atoms with Crippen LogP contribution in [0.15, 0.2) is 29.3 Å². The van der Waals surface area contributed by atoms with E-state index in [1.54, 1.807) is 24.3 Å². The van der Waals surface area contributed by atoms with Gasteiger partial charge in [-0.3, -0.25) is 0 Å². The SMILES string of the molecule is CNC(=O)Nc1ccc(N=C=O)cc1. The predicted molar refractivity (Wildman–Crippen MR) is 52.3 cm³/mol. The summed E-state index contributed by atoms with van der Waals surface area (Å²) in [6.45, 7) is 0. The maximum atomic E-state index is 10.9. The molecule has 0 aliphatic rings. The molecule has 5 nitrogen and oxygen atoms in total. The van der Waals surface area contributed by atoms with Gasteiger partial charge in [0.25, 0.3) is 0 Å². The van der Waals surface area contributed by atoms with Crippen molar-refractivity contribution in [1.82, 2.24) is 5.32 Å². The summed E-state index contributed by atoms with van der Waals surface area (Å²) < 4.78 is 0. The summed E-state index contributed by atoms with van der Waals surface area (Å²) in [5, 5.41) is 4.99. The van der Waals surface area contributed by atoms with Crippen molar-refractivity contribution >= 4 is 23.5 Å². The highest BCUT2D eigenvalue weighted by Crippen LogP contribution is 2.15. The summed E-state index contributed by atoms with van der Waals surface area (Å²) in [6.07, 6.45) is 1.43. The quantitative estimate of drug-likeness (QED) is 0.548. The van der Waals surface area contributed by atoms with E-state index in [1.165, 1.54) is 13.1 Å². The van der Waals surface area contributed by atoms with Crippen LogP contribution in [-0.4, -0.2) is 19.2 Å². The first kappa shape index (κ1) is 9.95. The lowest BCUT2D eigenvalue weighted by Crippen LogP contribution is -2.24. The maximum absolute atomic E-state index is 10.9. The number of aliphatic imine (C=N–C) groups is 1. The number of nitrogens with zero attached hydrogens (tertiary/aromatic N) is 1. The van der Waals surface area contributed by atoms with Crippen LogP contribution in [0.3, 0.4) is 0 Å². The number of carbonyl (C=O) groups is 1. The van der Waals surface area contributed by atoms with Crippen molar-refractivity contribution in [2.45, 2.75) is 0 Å². The van der Waals surface area contributed by atoms with Gasteiger partial charge in [-0.2, -0.15) is 4.99 Å². The third-order valence-electron chi connectivity index (χ3n) is 1.53. The Kier molecular flexibility index (Phi) is 3.41. The zero-order valence-electron chi connectivity index (χ0n) is 7.57. The minimum Gasteiger partial charge on any atom is -0.341 e. The Morgan fingerprint density at radius 2 is 2.00 bits per heavy atom. The van der Waals surface area contributed by atoms with Gasteiger partial charge in [-0.1, -0.05) is 0 Å². The van der Waals surface area contributed by atoms with E-state index in [0.717, 1.165) is 0 Å². The van der Waals surface area contributed by atoms with Crippen molar-refractivity contribution in [1.29, 1.82) is 0 Å². The Bertz CT molecular complexity index is 366. The number of rotatable bonds is 2. The molecule has 2 amide bonds. The molecule has 0 saturated carbocycles. The van der Waals surface area contributed by atoms with Crippen LogP contribution in [0, 0.1) is 0 Å². The van der Waals surface area contributed by atoms with Crippen LogP contribution in [0.1, 0.15) is 0 Å². The third-order valence-corrected chi connectivity index (χ3v) is 1.53. The Morgan fingerprint density at radius 1 is 1.36 bits per heavy atom. The average Bonchev–Trinajstić information content (AvgIpc) is 2.21. The number of hydrogen-bond acceptors (Lipinski definition) is 3. The standard InChI is InChI=1S/C9H9N3O2/c1-10-9(14)12-8-4-2-7(3-5-8)11-6-13/h2-5H,1H3,(H2,10,12,14). The largest absolute Gasteiger partial charge is 0.341 e. The molecule has 0 aromatic heterocycles. The molecule has 0 atom stereocenters. The first-order valence-electron chi connectivity index (χ1n) is 3.93. The van der Waals surface area contributed by atoms with Gasteiger partial charge in [-0.25, -0.2) is 9.59 Å². The molecule has 0 radical (unpaired) electrons. The van der Waals surface area contributed by atoms with Gasteiger partial charge < -0.3 is 10.6 Å². The number of benzene rings is 1. The summed E-state index contributed by atoms with van der Waals surface area (Å²) >= 11 is 0. The number of amides is 2. The fourth-order valence-electron chi connectivity index (χ4n) is 0.866. The van der Waals surface area contributed by atoms with Crippen molar-refractivity contribution in [3.63, 3.8) is 0 Å². The molecule has 1 rings (SSSR count). The molecule has 0 unspecified atom stereocenters. The van der Waals surface area contributed by atoms with Gasteiger partial charge >= 0.3 is 6.03 Å². The molecular formula is C9H9N3O2. The third kappa shape index (κ3) is 2.73. The van der Waals surface area contributed by atoms with Gasteiger partial charge in [0, 0.05) is 12.7 Å². The maximum Gasteiger partial charge on any atom is 0.318 e. The van der Waals surface area contributed by atoms with Gasteiger partial charge in [0.2, 0.25) is 6.08 Å². The van der Waals surface area contributed by atoms with Crippen molar-refractivity contribution < 1.29 is 9.59 Å². The molecule has 0 bridgehead atoms. The van der Waals surface area contributed by atoms with Crippen LogP contribution in [0.4, 0.5) is 16.2 Å². The van der Waals surface area contributed by atoms with Gasteiger partial charge in [0.15, 0.2) is 0 Å². The first-order chi connectivity index (χ1) is 6.76. The Morgan fingerprint density at radius 3 is 2.50 bits per heavy atom. The van der Waals surface area contributed by atoms with E-state index >= 15 is 0 Å². The Balaban J connectivity index is 2.73. The van der Waals surface area contributed by atoms with Crippen LogP contribution < -0.4 is 10.6 Å². The van der Waals surface area contributed by atoms with Crippen LogP contribution >= 0.6 is 0 Å². The zero-order valence-corrected chi connectivity index (χ0v) is 7.57. The highest BCUT2D eigenvalue weighted by Gasteiger charge is 1.97. The second kappa shape index (κ2) is 4.79. The predicted octanol–water partition coefficient (Wildman–Crippen LogP) is 1.41. The molecular weight excluding hydrogens is 182 g/mol. The zero-order chi connectivity index (χ0) is 10.4. The highest BCUT2D eigenvalue weighted by molar-refractivity contribution is 5.89. The summed E-state index contributed by atoms with van der Waals surface area (Å²) in [7, 11) is 1.53. The number of hydrogen-bond donors (Lipinski definition) is 2. The lowest BCUT2D eigenvalue weighted by molar-refractivity contribution is 0.254. The summed E-state index contributed by atoms with van der Waals surface area (Å²) in [4.78, 5) is 24.2. The Hall–Kier alpha value is -2.13. The number of urea groups is 1. The van der Waals surface area contributed by atoms with Crippen molar-refractivity contribution in [2.24, 2.45) is 4.99 Å². The van der Waals surface area contributed by atoms with E-state index in [0.29, 0.717) is 11.4 Å². The smallest absolute Gasteiger partial charge is 0.318 e. The molecule has 0 heterocycles. The molecule has 5 heteroatoms. The van der Waals surface area contributed by atoms with E-state index < -0.39 is 0 Å². The molecule has 0 fully saturated rings. The second-order valence-corrected chi connectivity index (χ2v) is 2.45. The minimum atomic E-state index is -0.295. The van der Waals surface area contributed by atoms with Crippen molar-refractivity contribution in [2.75, 3.05) is 12.4 Å². The van der Waals surface area contributed by atoms with Gasteiger partial charge in [0.05, 0.1) is 5.69 Å². The van der Waals surface area contributed by atoms with Crippen LogP contribution in [0.25, 0.3) is 0 Å². The molecule has 1 aromatic rings. The summed E-state index contributed by atoms with van der Waals surface area (Å²) in [5.41, 5.74) is 1.14. The van der Waals surface area contributed by atoms with E-state index in [1.807, 2.05) is 0 Å². The molecule has 0 aliphatic heterocycles. The fourth-order valence-corrected chi connectivity index (χ4v) is 0.866. The lowest BCUT2D eigenvalue weighted by Gasteiger charge is -2.03. The highest BCUT2D eigenvalue weighted by atomic mass is 16.2. The van der Waals surface area contributed by atoms with Gasteiger partial charge in [-0.05, 0) is 24.3 Å². The van der Waals surface area contributed by atoms with Gasteiger partial charge in [-0.15, -0.1) is 0 Å². The number of isocyanates is 1. The minimum absolute atomic E-state index is 0.295. The van der Waals surface area contributed by atoms with Crippen molar-refractivity contribution in [3.05, 3.63) is 24.3 Å². The normalized spacial score (nSPS) is 8.64. The molecule has 2 N–H and O–H groups in total. The summed E-state index contributed by atoms with van der Waals surface area (Å²) in [6, 6.07) is 6.21. The van der Waals surface area contributed by atoms with Crippen molar-refractivity contribution in [3.8, 4) is 0 Å². The van der Waals surface area contributed by atoms with Crippen LogP contribution in [-0.2, 0) is 4.79 Å². The van der Waals surface area contributed by atoms with E-state index in [9.17, 15) is 9.59 Å². The number of carbonyl (C=O) groups excluding carboxylic acids is 2. The molecule has 0 aliphatic carbocycles. The molecule has 0 saturated heterocycles. The molecule has 0 spiro atoms. The Labute approximate surface area is 80.8 Å². The van der Waals surface area contributed by atoms with Crippen LogP contribution in [0.5, 0.6) is 0 Å². The molecule has 72 valence electrons.